The summed E-state index contributed by atoms with van der Waals surface area (Å²) < 4.78 is 5.49. The lowest BCUT2D eigenvalue weighted by Gasteiger charge is -2.26. The van der Waals surface area contributed by atoms with Crippen molar-refractivity contribution < 1.29 is 9.53 Å². The van der Waals surface area contributed by atoms with Crippen LogP contribution in [0.2, 0.25) is 0 Å². The van der Waals surface area contributed by atoms with Gasteiger partial charge in [-0.2, -0.15) is 0 Å². The average Bonchev–Trinajstić information content (AvgIpc) is 3.02. The van der Waals surface area contributed by atoms with E-state index in [-0.39, 0.29) is 6.03 Å². The van der Waals surface area contributed by atoms with Crippen LogP contribution in [0, 0.1) is 11.8 Å². The number of methoxy groups -OCH3 is 1. The molecule has 0 atom stereocenters. The normalized spacial score (nSPS) is 14.5. The smallest absolute Gasteiger partial charge is 0.329 e. The molecule has 1 fully saturated rings. The van der Waals surface area contributed by atoms with Crippen LogP contribution in [-0.2, 0) is 12.8 Å². The molecule has 0 aliphatic carbocycles. The molecule has 0 unspecified atom stereocenters. The Bertz CT molecular complexity index is 801. The summed E-state index contributed by atoms with van der Waals surface area (Å²) in [4.78, 5) is 17.3. The fourth-order valence-corrected chi connectivity index (χ4v) is 4.02. The fourth-order valence-electron chi connectivity index (χ4n) is 4.02. The van der Waals surface area contributed by atoms with Crippen molar-refractivity contribution in [1.82, 2.24) is 0 Å². The number of ether oxygens (including phenoxy) is 1. The van der Waals surface area contributed by atoms with Crippen LogP contribution in [0.1, 0.15) is 38.8 Å². The Morgan fingerprint density at radius 3 is 2.00 bits per heavy atom. The zero-order valence-electron chi connectivity index (χ0n) is 17.7. The summed E-state index contributed by atoms with van der Waals surface area (Å²) in [5.74, 6) is 1.81. The van der Waals surface area contributed by atoms with Gasteiger partial charge in [-0.25, -0.2) is 4.79 Å². The number of carbonyl (C=O) groups is 1. The van der Waals surface area contributed by atoms with Gasteiger partial charge in [-0.15, -0.1) is 0 Å². The molecule has 0 radical (unpaired) electrons. The third-order valence-corrected chi connectivity index (χ3v) is 5.11. The fraction of sp³-hybridized carbons (Fsp3) is 0.458. The van der Waals surface area contributed by atoms with Gasteiger partial charge in [-0.1, -0.05) is 58.0 Å². The molecule has 3 rings (SSSR count). The number of anilines is 2. The first-order valence-electron chi connectivity index (χ1n) is 10.2. The number of nitrogens with zero attached hydrogens (tertiary/aromatic N) is 2. The van der Waals surface area contributed by atoms with E-state index in [4.69, 9.17) is 4.74 Å². The molecule has 150 valence electrons. The molecule has 2 aromatic carbocycles. The number of benzene rings is 2. The van der Waals surface area contributed by atoms with Gasteiger partial charge in [0.05, 0.1) is 18.5 Å². The molecule has 0 aromatic heterocycles. The number of para-hydroxylation sites is 3. The molecule has 1 aliphatic rings. The van der Waals surface area contributed by atoms with E-state index in [1.165, 1.54) is 11.1 Å². The van der Waals surface area contributed by atoms with Crippen LogP contribution in [0.4, 0.5) is 16.2 Å². The third-order valence-electron chi connectivity index (χ3n) is 5.11. The topological polar surface area (TPSA) is 32.8 Å². The highest BCUT2D eigenvalue weighted by Crippen LogP contribution is 2.36. The van der Waals surface area contributed by atoms with Gasteiger partial charge in [0, 0.05) is 13.1 Å². The van der Waals surface area contributed by atoms with E-state index in [2.05, 4.69) is 45.9 Å². The first kappa shape index (κ1) is 20.2. The van der Waals surface area contributed by atoms with E-state index in [0.717, 1.165) is 30.0 Å². The van der Waals surface area contributed by atoms with Gasteiger partial charge in [0.15, 0.2) is 0 Å². The third kappa shape index (κ3) is 4.16. The molecule has 4 heteroatoms. The molecule has 2 aromatic rings. The largest absolute Gasteiger partial charge is 0.495 e. The summed E-state index contributed by atoms with van der Waals surface area (Å²) in [6.07, 6.45) is 1.94. The molecule has 0 spiro atoms. The van der Waals surface area contributed by atoms with Gasteiger partial charge in [0.2, 0.25) is 0 Å². The van der Waals surface area contributed by atoms with Gasteiger partial charge in [0.1, 0.15) is 5.75 Å². The van der Waals surface area contributed by atoms with Gasteiger partial charge in [0.25, 0.3) is 0 Å². The van der Waals surface area contributed by atoms with E-state index < -0.39 is 0 Å². The zero-order valence-corrected chi connectivity index (χ0v) is 17.7. The highest BCUT2D eigenvalue weighted by Gasteiger charge is 2.34. The minimum absolute atomic E-state index is 0.0331. The summed E-state index contributed by atoms with van der Waals surface area (Å²) in [7, 11) is 1.65. The van der Waals surface area contributed by atoms with Crippen molar-refractivity contribution in [2.24, 2.45) is 11.8 Å². The molecule has 1 aliphatic heterocycles. The molecule has 2 amide bonds. The van der Waals surface area contributed by atoms with Crippen LogP contribution in [-0.4, -0.2) is 26.2 Å². The van der Waals surface area contributed by atoms with E-state index in [0.29, 0.717) is 24.9 Å². The lowest BCUT2D eigenvalue weighted by atomic mass is 9.93. The van der Waals surface area contributed by atoms with Crippen LogP contribution < -0.4 is 14.5 Å². The molecule has 4 nitrogen and oxygen atoms in total. The number of rotatable bonds is 7. The SMILES string of the molecule is COc1ccccc1N1CCN(c2c(CC(C)C)cccc2CC(C)C)C1=O. The van der Waals surface area contributed by atoms with E-state index in [9.17, 15) is 4.79 Å². The van der Waals surface area contributed by atoms with Gasteiger partial charge >= 0.3 is 6.03 Å². The number of amides is 2. The molecule has 0 N–H and O–H groups in total. The Labute approximate surface area is 169 Å². The second-order valence-electron chi connectivity index (χ2n) is 8.38. The lowest BCUT2D eigenvalue weighted by molar-refractivity contribution is 0.255. The maximum Gasteiger partial charge on any atom is 0.329 e. The monoisotopic (exact) mass is 380 g/mol. The van der Waals surface area contributed by atoms with Gasteiger partial charge in [-0.3, -0.25) is 9.80 Å². The van der Waals surface area contributed by atoms with Crippen LogP contribution in [0.15, 0.2) is 42.5 Å². The van der Waals surface area contributed by atoms with Crippen LogP contribution >= 0.6 is 0 Å². The maximum atomic E-state index is 13.4. The number of hydrogen-bond acceptors (Lipinski definition) is 2. The molecule has 0 saturated carbocycles. The van der Waals surface area contributed by atoms with Crippen LogP contribution in [0.25, 0.3) is 0 Å². The zero-order chi connectivity index (χ0) is 20.3. The minimum atomic E-state index is 0.0331. The predicted octanol–water partition coefficient (Wildman–Crippen LogP) is 5.54. The highest BCUT2D eigenvalue weighted by molar-refractivity contribution is 6.07. The molecular formula is C24H32N2O2. The summed E-state index contributed by atoms with van der Waals surface area (Å²) in [6.45, 7) is 10.3. The van der Waals surface area contributed by atoms with Crippen molar-refractivity contribution in [3.05, 3.63) is 53.6 Å². The number of urea groups is 1. The summed E-state index contributed by atoms with van der Waals surface area (Å²) in [6, 6.07) is 14.3. The Morgan fingerprint density at radius 2 is 1.43 bits per heavy atom. The standard InChI is InChI=1S/C24H32N2O2/c1-17(2)15-19-9-8-10-20(16-18(3)4)23(19)26-14-13-25(24(26)27)21-11-6-7-12-22(21)28-5/h6-12,17-18H,13-16H2,1-5H3. The summed E-state index contributed by atoms with van der Waals surface area (Å²) >= 11 is 0. The second-order valence-corrected chi connectivity index (χ2v) is 8.38. The Hall–Kier alpha value is -2.49. The Morgan fingerprint density at radius 1 is 0.857 bits per heavy atom. The van der Waals surface area contributed by atoms with Crippen LogP contribution in [0.3, 0.4) is 0 Å². The quantitative estimate of drug-likeness (QED) is 0.632. The predicted molar refractivity (Wildman–Crippen MR) is 117 cm³/mol. The van der Waals surface area contributed by atoms with Crippen molar-refractivity contribution in [1.29, 1.82) is 0 Å². The molecule has 28 heavy (non-hydrogen) atoms. The number of hydrogen-bond donors (Lipinski definition) is 0. The van der Waals surface area contributed by atoms with Gasteiger partial charge < -0.3 is 4.74 Å². The second kappa shape index (κ2) is 8.68. The lowest BCUT2D eigenvalue weighted by Crippen LogP contribution is -2.33. The Balaban J connectivity index is 2.00. The number of carbonyl (C=O) groups excluding carboxylic acids is 1. The average molecular weight is 381 g/mol. The van der Waals surface area contributed by atoms with Crippen LogP contribution in [0.5, 0.6) is 5.75 Å². The van der Waals surface area contributed by atoms with E-state index >= 15 is 0 Å². The maximum absolute atomic E-state index is 13.4. The molecule has 1 saturated heterocycles. The minimum Gasteiger partial charge on any atom is -0.495 e. The van der Waals surface area contributed by atoms with Crippen molar-refractivity contribution in [2.75, 3.05) is 30.0 Å². The van der Waals surface area contributed by atoms with Gasteiger partial charge in [-0.05, 0) is 47.9 Å². The van der Waals surface area contributed by atoms with E-state index in [1.54, 1.807) is 7.11 Å². The van der Waals surface area contributed by atoms with Crippen molar-refractivity contribution >= 4 is 17.4 Å². The first-order chi connectivity index (χ1) is 13.4. The summed E-state index contributed by atoms with van der Waals surface area (Å²) in [5.41, 5.74) is 4.49. The Kier molecular flexibility index (Phi) is 6.28. The van der Waals surface area contributed by atoms with Crippen molar-refractivity contribution in [3.8, 4) is 5.75 Å². The highest BCUT2D eigenvalue weighted by atomic mass is 16.5. The summed E-state index contributed by atoms with van der Waals surface area (Å²) in [5, 5.41) is 0. The van der Waals surface area contributed by atoms with Crippen molar-refractivity contribution in [2.45, 2.75) is 40.5 Å². The van der Waals surface area contributed by atoms with Crippen molar-refractivity contribution in [3.63, 3.8) is 0 Å². The molecule has 0 bridgehead atoms. The van der Waals surface area contributed by atoms with E-state index in [1.807, 2.05) is 34.1 Å². The molecular weight excluding hydrogens is 348 g/mol. The first-order valence-corrected chi connectivity index (χ1v) is 10.2. The molecule has 1 heterocycles.